The van der Waals surface area contributed by atoms with Crippen molar-refractivity contribution in [3.63, 3.8) is 0 Å². The Hall–Kier alpha value is -3.88. The number of methoxy groups -OCH3 is 2. The largest absolute Gasteiger partial charge is 0.497 e. The molecule has 1 unspecified atom stereocenters. The molecule has 2 amide bonds. The van der Waals surface area contributed by atoms with Gasteiger partial charge >= 0.3 is 0 Å². The molecule has 8 nitrogen and oxygen atoms in total. The van der Waals surface area contributed by atoms with E-state index in [1.54, 1.807) is 43.4 Å². The fraction of sp³-hybridized carbons (Fsp3) is 0.429. The van der Waals surface area contributed by atoms with E-state index in [0.717, 1.165) is 49.4 Å². The predicted molar refractivity (Wildman–Crippen MR) is 167 cm³/mol. The minimum atomic E-state index is -0.125. The summed E-state index contributed by atoms with van der Waals surface area (Å²) < 4.78 is 16.5. The highest BCUT2D eigenvalue weighted by Crippen LogP contribution is 2.31. The molecule has 228 valence electrons. The van der Waals surface area contributed by atoms with Crippen molar-refractivity contribution in [1.29, 1.82) is 0 Å². The van der Waals surface area contributed by atoms with Crippen molar-refractivity contribution in [3.8, 4) is 11.5 Å². The van der Waals surface area contributed by atoms with E-state index < -0.39 is 0 Å². The highest BCUT2D eigenvalue weighted by atomic mass is 16.5. The van der Waals surface area contributed by atoms with Crippen molar-refractivity contribution in [2.24, 2.45) is 5.92 Å². The summed E-state index contributed by atoms with van der Waals surface area (Å²) in [7, 11) is 3.36. The smallest absolute Gasteiger partial charge is 0.254 e. The van der Waals surface area contributed by atoms with Crippen LogP contribution in [0.15, 0.2) is 66.7 Å². The molecule has 43 heavy (non-hydrogen) atoms. The minimum absolute atomic E-state index is 0.0241. The van der Waals surface area contributed by atoms with Gasteiger partial charge in [0.05, 0.1) is 27.4 Å². The van der Waals surface area contributed by atoms with Crippen LogP contribution in [0.1, 0.15) is 50.8 Å². The Morgan fingerprint density at radius 3 is 2.26 bits per heavy atom. The number of morpholine rings is 1. The Morgan fingerprint density at radius 2 is 1.63 bits per heavy atom. The predicted octanol–water partition coefficient (Wildman–Crippen LogP) is 4.60. The van der Waals surface area contributed by atoms with Crippen molar-refractivity contribution in [1.82, 2.24) is 15.1 Å². The van der Waals surface area contributed by atoms with E-state index in [-0.39, 0.29) is 17.7 Å². The lowest BCUT2D eigenvalue weighted by Crippen LogP contribution is -2.42. The van der Waals surface area contributed by atoms with Crippen LogP contribution in [0, 0.1) is 5.92 Å². The molecule has 0 spiro atoms. The second-order valence-corrected chi connectivity index (χ2v) is 11.4. The summed E-state index contributed by atoms with van der Waals surface area (Å²) in [6.07, 6.45) is 2.95. The molecule has 3 aromatic carbocycles. The first kappa shape index (κ1) is 30.6. The monoisotopic (exact) mass is 585 g/mol. The van der Waals surface area contributed by atoms with E-state index in [2.05, 4.69) is 47.5 Å². The Bertz CT molecular complexity index is 1360. The molecule has 3 aromatic rings. The Labute approximate surface area is 254 Å². The van der Waals surface area contributed by atoms with Gasteiger partial charge in [-0.2, -0.15) is 0 Å². The van der Waals surface area contributed by atoms with Crippen molar-refractivity contribution >= 4 is 11.8 Å². The Kier molecular flexibility index (Phi) is 10.3. The van der Waals surface area contributed by atoms with Crippen molar-refractivity contribution in [3.05, 3.63) is 94.5 Å². The van der Waals surface area contributed by atoms with E-state index >= 15 is 0 Å². The second-order valence-electron chi connectivity index (χ2n) is 11.4. The summed E-state index contributed by atoms with van der Waals surface area (Å²) in [5.41, 5.74) is 5.09. The maximum Gasteiger partial charge on any atom is 0.254 e. The summed E-state index contributed by atoms with van der Waals surface area (Å²) in [4.78, 5) is 30.2. The third-order valence-corrected chi connectivity index (χ3v) is 8.73. The van der Waals surface area contributed by atoms with Crippen molar-refractivity contribution in [2.45, 2.75) is 38.8 Å². The third-order valence-electron chi connectivity index (χ3n) is 8.73. The fourth-order valence-corrected chi connectivity index (χ4v) is 6.06. The van der Waals surface area contributed by atoms with Crippen LogP contribution in [0.3, 0.4) is 0 Å². The summed E-state index contributed by atoms with van der Waals surface area (Å²) in [5, 5.41) is 3.16. The molecule has 0 saturated carbocycles. The van der Waals surface area contributed by atoms with Gasteiger partial charge in [-0.25, -0.2) is 0 Å². The van der Waals surface area contributed by atoms with Gasteiger partial charge in [0.25, 0.3) is 11.8 Å². The molecule has 0 bridgehead atoms. The van der Waals surface area contributed by atoms with Crippen LogP contribution in [-0.4, -0.2) is 81.3 Å². The maximum absolute atomic E-state index is 13.1. The van der Waals surface area contributed by atoms with Crippen molar-refractivity contribution in [2.75, 3.05) is 53.6 Å². The molecule has 2 aliphatic rings. The molecular weight excluding hydrogens is 542 g/mol. The summed E-state index contributed by atoms with van der Waals surface area (Å²) in [5.74, 6) is 1.70. The molecule has 0 radical (unpaired) electrons. The molecule has 1 heterocycles. The number of hydrogen-bond donors (Lipinski definition) is 1. The highest BCUT2D eigenvalue weighted by Gasteiger charge is 2.29. The van der Waals surface area contributed by atoms with Crippen LogP contribution < -0.4 is 14.8 Å². The van der Waals surface area contributed by atoms with Gasteiger partial charge < -0.3 is 24.4 Å². The van der Waals surface area contributed by atoms with E-state index in [1.165, 1.54) is 11.1 Å². The van der Waals surface area contributed by atoms with Gasteiger partial charge in [-0.05, 0) is 60.2 Å². The summed E-state index contributed by atoms with van der Waals surface area (Å²) in [6.45, 7) is 6.64. The van der Waals surface area contributed by atoms with Gasteiger partial charge in [-0.1, -0.05) is 43.7 Å². The average molecular weight is 586 g/mol. The number of nitrogens with one attached hydrogen (secondary N) is 1. The number of nitrogens with zero attached hydrogens (tertiary/aromatic N) is 2. The first-order valence-corrected chi connectivity index (χ1v) is 15.3. The summed E-state index contributed by atoms with van der Waals surface area (Å²) in [6, 6.07) is 22.0. The number of amides is 2. The van der Waals surface area contributed by atoms with E-state index in [4.69, 9.17) is 14.2 Å². The number of ether oxygens (including phenoxy) is 3. The molecule has 1 N–H and O–H groups in total. The second kappa shape index (κ2) is 14.5. The molecule has 1 saturated heterocycles. The first-order valence-electron chi connectivity index (χ1n) is 15.3. The maximum atomic E-state index is 13.1. The zero-order valence-corrected chi connectivity index (χ0v) is 25.5. The molecule has 1 aliphatic heterocycles. The van der Waals surface area contributed by atoms with Crippen LogP contribution >= 0.6 is 0 Å². The SMILES string of the molecule is CCC(CNC(=O)c1ccc(C(=O)N2CCOCC2)cc1)CN(Cc1ccc(OC)cc1OC)C1Cc2ccccc2C1. The number of fused-ring (bicyclic) bond motifs is 1. The molecule has 0 aromatic heterocycles. The first-order chi connectivity index (χ1) is 21.0. The zero-order valence-electron chi connectivity index (χ0n) is 25.5. The van der Waals surface area contributed by atoms with Gasteiger partial charge in [-0.3, -0.25) is 14.5 Å². The average Bonchev–Trinajstić information content (AvgIpc) is 3.50. The van der Waals surface area contributed by atoms with E-state index in [0.29, 0.717) is 50.0 Å². The van der Waals surface area contributed by atoms with Crippen molar-refractivity contribution < 1.29 is 23.8 Å². The molecular formula is C35H43N3O5. The Balaban J connectivity index is 1.24. The van der Waals surface area contributed by atoms with Crippen LogP contribution in [0.25, 0.3) is 0 Å². The lowest BCUT2D eigenvalue weighted by molar-refractivity contribution is 0.0303. The molecule has 1 aliphatic carbocycles. The number of carbonyl (C=O) groups is 2. The standard InChI is InChI=1S/C35H43N3O5/c1-4-25(22-36-34(39)26-9-11-27(12-10-26)35(40)37-15-17-43-18-16-37)23-38(31-19-28-7-5-6-8-29(28)20-31)24-30-13-14-32(41-2)21-33(30)42-3/h5-14,21,25,31H,4,15-20,22-24H2,1-3H3,(H,36,39). The van der Waals surface area contributed by atoms with Gasteiger partial charge in [0.2, 0.25) is 0 Å². The normalized spacial score (nSPS) is 15.7. The quantitative estimate of drug-likeness (QED) is 0.335. The minimum Gasteiger partial charge on any atom is -0.497 e. The third kappa shape index (κ3) is 7.56. The Morgan fingerprint density at radius 1 is 0.953 bits per heavy atom. The van der Waals surface area contributed by atoms with Gasteiger partial charge in [0.15, 0.2) is 0 Å². The molecule has 8 heteroatoms. The molecule has 5 rings (SSSR count). The van der Waals surface area contributed by atoms with Gasteiger partial charge in [0.1, 0.15) is 11.5 Å². The lowest BCUT2D eigenvalue weighted by atomic mass is 10.0. The van der Waals surface area contributed by atoms with E-state index in [1.807, 2.05) is 12.1 Å². The zero-order chi connectivity index (χ0) is 30.2. The fourth-order valence-electron chi connectivity index (χ4n) is 6.06. The van der Waals surface area contributed by atoms with Gasteiger partial charge in [-0.15, -0.1) is 0 Å². The van der Waals surface area contributed by atoms with Crippen LogP contribution in [0.2, 0.25) is 0 Å². The summed E-state index contributed by atoms with van der Waals surface area (Å²) >= 11 is 0. The number of carbonyl (C=O) groups excluding carboxylic acids is 2. The number of rotatable bonds is 12. The van der Waals surface area contributed by atoms with Crippen LogP contribution in [0.5, 0.6) is 11.5 Å². The number of hydrogen-bond acceptors (Lipinski definition) is 6. The highest BCUT2D eigenvalue weighted by molar-refractivity contribution is 5.97. The van der Waals surface area contributed by atoms with Crippen LogP contribution in [0.4, 0.5) is 0 Å². The number of benzene rings is 3. The topological polar surface area (TPSA) is 80.3 Å². The molecule has 1 fully saturated rings. The lowest BCUT2D eigenvalue weighted by Gasteiger charge is -2.33. The van der Waals surface area contributed by atoms with E-state index in [9.17, 15) is 9.59 Å². The molecule has 1 atom stereocenters. The van der Waals surface area contributed by atoms with Crippen LogP contribution in [-0.2, 0) is 24.1 Å². The van der Waals surface area contributed by atoms with Gasteiger partial charge in [0, 0.05) is 61.5 Å².